The Morgan fingerprint density at radius 2 is 2.03 bits per heavy atom. The molecule has 0 radical (unpaired) electrons. The van der Waals surface area contributed by atoms with E-state index in [0.717, 1.165) is 53.7 Å². The predicted octanol–water partition coefficient (Wildman–Crippen LogP) is 4.42. The van der Waals surface area contributed by atoms with Gasteiger partial charge in [0.2, 0.25) is 0 Å². The minimum absolute atomic E-state index is 0.309. The second-order valence-electron chi connectivity index (χ2n) is 7.62. The summed E-state index contributed by atoms with van der Waals surface area (Å²) in [6.45, 7) is 3.15. The number of carbonyl (C=O) groups excluding carboxylic acids is 2. The summed E-state index contributed by atoms with van der Waals surface area (Å²) in [5.74, 6) is 0.820. The molecule has 2 amide bonds. The van der Waals surface area contributed by atoms with E-state index in [1.54, 1.807) is 25.6 Å². The number of methoxy groups -OCH3 is 1. The summed E-state index contributed by atoms with van der Waals surface area (Å²) >= 11 is 0.863. The Labute approximate surface area is 183 Å². The topological polar surface area (TPSA) is 84.7 Å². The molecule has 1 aromatic carbocycles. The highest BCUT2D eigenvalue weighted by molar-refractivity contribution is 8.18. The van der Waals surface area contributed by atoms with Crippen molar-refractivity contribution >= 4 is 40.0 Å². The summed E-state index contributed by atoms with van der Waals surface area (Å²) in [5, 5.41) is 2.68. The van der Waals surface area contributed by atoms with Crippen molar-refractivity contribution in [3.05, 3.63) is 52.9 Å². The number of nitrogens with one attached hydrogen (secondary N) is 1. The zero-order chi connectivity index (χ0) is 21.4. The molecule has 0 aliphatic carbocycles. The highest BCUT2D eigenvalue weighted by Crippen LogP contribution is 2.37. The van der Waals surface area contributed by atoms with Gasteiger partial charge >= 0.3 is 0 Å². The maximum Gasteiger partial charge on any atom is 0.290 e. The van der Waals surface area contributed by atoms with Crippen LogP contribution in [0, 0.1) is 0 Å². The van der Waals surface area contributed by atoms with Gasteiger partial charge in [0.25, 0.3) is 11.1 Å². The number of hydrogen-bond donors (Lipinski definition) is 1. The lowest BCUT2D eigenvalue weighted by Gasteiger charge is -2.16. The molecule has 2 saturated heterocycles. The second kappa shape index (κ2) is 8.20. The van der Waals surface area contributed by atoms with Crippen LogP contribution in [0.3, 0.4) is 0 Å². The molecule has 8 heteroatoms. The molecular formula is C23H21N3O4S. The van der Waals surface area contributed by atoms with Crippen LogP contribution in [0.15, 0.2) is 46.0 Å². The van der Waals surface area contributed by atoms with Crippen molar-refractivity contribution in [2.45, 2.75) is 19.4 Å². The van der Waals surface area contributed by atoms with E-state index >= 15 is 0 Å². The molecule has 7 nitrogen and oxygen atoms in total. The molecule has 0 bridgehead atoms. The largest absolute Gasteiger partial charge is 0.496 e. The molecular weight excluding hydrogens is 414 g/mol. The Kier molecular flexibility index (Phi) is 5.25. The third-order valence-corrected chi connectivity index (χ3v) is 6.33. The first-order valence-corrected chi connectivity index (χ1v) is 10.9. The molecule has 0 atom stereocenters. The molecule has 3 aromatic rings. The van der Waals surface area contributed by atoms with Crippen molar-refractivity contribution in [1.82, 2.24) is 15.2 Å². The first-order chi connectivity index (χ1) is 15.1. The molecule has 0 unspecified atom stereocenters. The Hall–Kier alpha value is -3.10. The van der Waals surface area contributed by atoms with Crippen LogP contribution in [0.1, 0.15) is 24.2 Å². The number of fused-ring (bicyclic) bond motifs is 1. The molecule has 4 heterocycles. The van der Waals surface area contributed by atoms with E-state index in [0.29, 0.717) is 16.2 Å². The standard InChI is InChI=1S/C23H21N3O4S/c1-29-19-5-4-14(13-26-6-2-3-7-26)8-17(19)18-12-24-11-15-9-16(30-21(15)18)10-20-22(27)25-23(28)31-20/h4-5,8-12H,2-3,6-7,13H2,1H3,(H,25,27,28). The fourth-order valence-corrected chi connectivity index (χ4v) is 4.72. The molecule has 0 spiro atoms. The van der Waals surface area contributed by atoms with Crippen LogP contribution in [0.4, 0.5) is 4.79 Å². The fraction of sp³-hybridized carbons (Fsp3) is 0.261. The van der Waals surface area contributed by atoms with E-state index in [-0.39, 0.29) is 5.24 Å². The summed E-state index contributed by atoms with van der Waals surface area (Å²) in [6, 6.07) is 8.03. The van der Waals surface area contributed by atoms with Crippen molar-refractivity contribution in [3.63, 3.8) is 0 Å². The number of imide groups is 1. The number of thioether (sulfide) groups is 1. The van der Waals surface area contributed by atoms with Gasteiger partial charge in [-0.05, 0) is 61.5 Å². The molecule has 31 heavy (non-hydrogen) atoms. The van der Waals surface area contributed by atoms with Crippen molar-refractivity contribution in [3.8, 4) is 16.9 Å². The number of hydrogen-bond acceptors (Lipinski definition) is 7. The highest BCUT2D eigenvalue weighted by Gasteiger charge is 2.26. The average Bonchev–Trinajstić information content (AvgIpc) is 3.48. The van der Waals surface area contributed by atoms with Gasteiger partial charge in [0.05, 0.1) is 12.0 Å². The second-order valence-corrected chi connectivity index (χ2v) is 8.64. The zero-order valence-electron chi connectivity index (χ0n) is 17.0. The Morgan fingerprint density at radius 3 is 2.77 bits per heavy atom. The summed E-state index contributed by atoms with van der Waals surface area (Å²) in [6.07, 6.45) is 7.56. The van der Waals surface area contributed by atoms with Crippen molar-refractivity contribution in [2.24, 2.45) is 0 Å². The molecule has 0 saturated carbocycles. The minimum Gasteiger partial charge on any atom is -0.496 e. The van der Waals surface area contributed by atoms with Crippen LogP contribution in [0.25, 0.3) is 28.2 Å². The van der Waals surface area contributed by atoms with E-state index < -0.39 is 5.91 Å². The Bertz CT molecular complexity index is 1210. The number of ether oxygens (including phenoxy) is 1. The molecule has 1 N–H and O–H groups in total. The minimum atomic E-state index is -0.412. The number of nitrogens with zero attached hydrogens (tertiary/aromatic N) is 2. The van der Waals surface area contributed by atoms with Gasteiger partial charge in [0.1, 0.15) is 17.1 Å². The number of benzene rings is 1. The fourth-order valence-electron chi connectivity index (χ4n) is 4.06. The van der Waals surface area contributed by atoms with Crippen molar-refractivity contribution in [1.29, 1.82) is 0 Å². The quantitative estimate of drug-likeness (QED) is 0.594. The molecule has 2 aliphatic rings. The number of carbonyl (C=O) groups is 2. The van der Waals surface area contributed by atoms with Gasteiger partial charge in [-0.2, -0.15) is 0 Å². The molecule has 158 valence electrons. The maximum absolute atomic E-state index is 11.9. The van der Waals surface area contributed by atoms with Crippen molar-refractivity contribution in [2.75, 3.05) is 20.2 Å². The SMILES string of the molecule is COc1ccc(CN2CCCC2)cc1-c1cncc2cc(C=C3SC(=O)NC3=O)oc12. The molecule has 2 fully saturated rings. The normalized spacial score (nSPS) is 18.3. The lowest BCUT2D eigenvalue weighted by molar-refractivity contribution is -0.115. The van der Waals surface area contributed by atoms with Gasteiger partial charge in [0.15, 0.2) is 0 Å². The number of pyridine rings is 1. The van der Waals surface area contributed by atoms with Gasteiger partial charge in [-0.25, -0.2) is 0 Å². The molecule has 2 aliphatic heterocycles. The van der Waals surface area contributed by atoms with Gasteiger partial charge in [-0.1, -0.05) is 6.07 Å². The molecule has 2 aromatic heterocycles. The van der Waals surface area contributed by atoms with Crippen LogP contribution in [-0.2, 0) is 11.3 Å². The molecule has 5 rings (SSSR count). The van der Waals surface area contributed by atoms with Gasteiger partial charge in [-0.15, -0.1) is 0 Å². The lowest BCUT2D eigenvalue weighted by Crippen LogP contribution is -2.18. The summed E-state index contributed by atoms with van der Waals surface area (Å²) in [4.78, 5) is 30.4. The van der Waals surface area contributed by atoms with Gasteiger partial charge in [-0.3, -0.25) is 24.8 Å². The number of rotatable bonds is 5. The predicted molar refractivity (Wildman–Crippen MR) is 120 cm³/mol. The first-order valence-electron chi connectivity index (χ1n) is 10.1. The van der Waals surface area contributed by atoms with E-state index in [4.69, 9.17) is 9.15 Å². The first kappa shape index (κ1) is 19.8. The third-order valence-electron chi connectivity index (χ3n) is 5.52. The number of likely N-dealkylation sites (tertiary alicyclic amines) is 1. The van der Waals surface area contributed by atoms with Crippen LogP contribution < -0.4 is 10.1 Å². The van der Waals surface area contributed by atoms with E-state index in [9.17, 15) is 9.59 Å². The van der Waals surface area contributed by atoms with E-state index in [2.05, 4.69) is 27.3 Å². The number of furan rings is 1. The Morgan fingerprint density at radius 1 is 1.19 bits per heavy atom. The third kappa shape index (κ3) is 3.96. The lowest BCUT2D eigenvalue weighted by atomic mass is 10.0. The van der Waals surface area contributed by atoms with Crippen LogP contribution in [0.2, 0.25) is 0 Å². The van der Waals surface area contributed by atoms with Crippen molar-refractivity contribution < 1.29 is 18.7 Å². The van der Waals surface area contributed by atoms with Crippen LogP contribution >= 0.6 is 11.8 Å². The maximum atomic E-state index is 11.9. The monoisotopic (exact) mass is 435 g/mol. The van der Waals surface area contributed by atoms with E-state index in [1.807, 2.05) is 12.1 Å². The summed E-state index contributed by atoms with van der Waals surface area (Å²) in [7, 11) is 1.65. The smallest absolute Gasteiger partial charge is 0.290 e. The Balaban J connectivity index is 1.55. The van der Waals surface area contributed by atoms with Crippen LogP contribution in [0.5, 0.6) is 5.75 Å². The number of amides is 2. The summed E-state index contributed by atoms with van der Waals surface area (Å²) in [5.41, 5.74) is 3.60. The van der Waals surface area contributed by atoms with Crippen LogP contribution in [-0.4, -0.2) is 41.2 Å². The van der Waals surface area contributed by atoms with Gasteiger partial charge in [0, 0.05) is 41.5 Å². The summed E-state index contributed by atoms with van der Waals surface area (Å²) < 4.78 is 11.7. The number of aromatic nitrogens is 1. The highest BCUT2D eigenvalue weighted by atomic mass is 32.2. The van der Waals surface area contributed by atoms with E-state index in [1.165, 1.54) is 18.4 Å². The van der Waals surface area contributed by atoms with Gasteiger partial charge < -0.3 is 9.15 Å². The average molecular weight is 436 g/mol. The zero-order valence-corrected chi connectivity index (χ0v) is 17.8.